The van der Waals surface area contributed by atoms with Gasteiger partial charge in [0, 0.05) is 12.5 Å². The molecule has 0 N–H and O–H groups in total. The van der Waals surface area contributed by atoms with E-state index in [1.54, 1.807) is 0 Å². The largest absolute Gasteiger partial charge is 0.342 e. The smallest absolute Gasteiger partial charge is 0.210 e. The van der Waals surface area contributed by atoms with Gasteiger partial charge in [0.05, 0.1) is 17.2 Å². The van der Waals surface area contributed by atoms with E-state index in [9.17, 15) is 0 Å². The first-order chi connectivity index (χ1) is 7.15. The second kappa shape index (κ2) is 3.63. The van der Waals surface area contributed by atoms with E-state index in [0.29, 0.717) is 11.7 Å². The van der Waals surface area contributed by atoms with Crippen LogP contribution in [0.2, 0.25) is 0 Å². The number of nitrogens with zero attached hydrogens (tertiary/aromatic N) is 2. The molecule has 2 nitrogen and oxygen atoms in total. The average Bonchev–Trinajstić information content (AvgIpc) is 2.53. The lowest BCUT2D eigenvalue weighted by Gasteiger charge is -2.25. The molecule has 1 aliphatic rings. The summed E-state index contributed by atoms with van der Waals surface area (Å²) in [6.07, 6.45) is 0.798. The van der Waals surface area contributed by atoms with Crippen molar-refractivity contribution in [1.29, 1.82) is 0 Å². The van der Waals surface area contributed by atoms with E-state index >= 15 is 0 Å². The molecule has 1 aromatic carbocycles. The molecule has 0 saturated heterocycles. The molecule has 0 radical (unpaired) electrons. The molecule has 15 heavy (non-hydrogen) atoms. The number of benzene rings is 1. The molecule has 1 heterocycles. The second-order valence-electron chi connectivity index (χ2n) is 3.93. The van der Waals surface area contributed by atoms with Crippen molar-refractivity contribution in [2.75, 3.05) is 4.90 Å². The molecule has 2 rings (SSSR count). The predicted molar refractivity (Wildman–Crippen MR) is 66.6 cm³/mol. The van der Waals surface area contributed by atoms with Crippen molar-refractivity contribution in [2.45, 2.75) is 26.3 Å². The zero-order valence-corrected chi connectivity index (χ0v) is 9.64. The van der Waals surface area contributed by atoms with Crippen molar-refractivity contribution in [2.24, 2.45) is 0 Å². The summed E-state index contributed by atoms with van der Waals surface area (Å²) in [4.78, 5) is 6.58. The maximum absolute atomic E-state index is 7.16. The van der Waals surface area contributed by atoms with Gasteiger partial charge in [-0.3, -0.25) is 0 Å². The third kappa shape index (κ3) is 1.51. The molecule has 0 spiro atoms. The molecule has 0 aromatic heterocycles. The molecule has 0 amide bonds. The Bertz CT molecular complexity index is 457. The molecule has 1 aromatic rings. The molecule has 0 aliphatic carbocycles. The topological polar surface area (TPSA) is 7.60 Å². The van der Waals surface area contributed by atoms with Crippen molar-refractivity contribution >= 4 is 28.6 Å². The van der Waals surface area contributed by atoms with Crippen LogP contribution < -0.4 is 4.90 Å². The first-order valence-corrected chi connectivity index (χ1v) is 5.37. The fraction of sp³-hybridized carbons (Fsp3) is 0.333. The highest BCUT2D eigenvalue weighted by atomic mass is 32.1. The minimum Gasteiger partial charge on any atom is -0.342 e. The molecular formula is C12H12N2S. The van der Waals surface area contributed by atoms with Gasteiger partial charge in [0.25, 0.3) is 0 Å². The molecular weight excluding hydrogens is 204 g/mol. The fourth-order valence-corrected chi connectivity index (χ4v) is 2.47. The van der Waals surface area contributed by atoms with Crippen LogP contribution in [-0.2, 0) is 6.42 Å². The lowest BCUT2D eigenvalue weighted by Crippen LogP contribution is -2.32. The van der Waals surface area contributed by atoms with Crippen LogP contribution in [0.15, 0.2) is 18.2 Å². The number of anilines is 1. The quantitative estimate of drug-likeness (QED) is 0.525. The predicted octanol–water partition coefficient (Wildman–Crippen LogP) is 3.34. The monoisotopic (exact) mass is 216 g/mol. The van der Waals surface area contributed by atoms with Gasteiger partial charge in [-0.2, -0.15) is 0 Å². The van der Waals surface area contributed by atoms with Crippen molar-refractivity contribution in [3.8, 4) is 0 Å². The molecule has 0 saturated carbocycles. The van der Waals surface area contributed by atoms with Gasteiger partial charge < -0.3 is 4.90 Å². The van der Waals surface area contributed by atoms with Crippen LogP contribution in [0, 0.1) is 6.57 Å². The maximum atomic E-state index is 7.16. The number of fused-ring (bicyclic) bond motifs is 1. The Hall–Kier alpha value is -1.40. The molecule has 1 aliphatic heterocycles. The Morgan fingerprint density at radius 3 is 2.80 bits per heavy atom. The highest BCUT2D eigenvalue weighted by Gasteiger charge is 2.28. The number of thiocarbonyl (C=S) groups is 1. The zero-order chi connectivity index (χ0) is 11.0. The molecule has 3 heteroatoms. The summed E-state index contributed by atoms with van der Waals surface area (Å²) in [6.45, 7) is 11.4. The molecule has 0 bridgehead atoms. The van der Waals surface area contributed by atoms with Gasteiger partial charge in [-0.1, -0.05) is 30.4 Å². The van der Waals surface area contributed by atoms with Gasteiger partial charge in [0.2, 0.25) is 5.69 Å². The summed E-state index contributed by atoms with van der Waals surface area (Å²) in [5, 5.41) is 0. The first kappa shape index (κ1) is 10.1. The normalized spacial score (nSPS) is 14.3. The molecule has 0 atom stereocenters. The van der Waals surface area contributed by atoms with E-state index in [0.717, 1.165) is 17.1 Å². The van der Waals surface area contributed by atoms with Gasteiger partial charge in [-0.15, -0.1) is 0 Å². The van der Waals surface area contributed by atoms with E-state index in [1.807, 2.05) is 12.1 Å². The molecule has 0 fully saturated rings. The third-order valence-electron chi connectivity index (χ3n) is 2.59. The van der Waals surface area contributed by atoms with Crippen LogP contribution in [0.1, 0.15) is 19.4 Å². The Kier molecular flexibility index (Phi) is 2.45. The second-order valence-corrected chi connectivity index (χ2v) is 4.40. The van der Waals surface area contributed by atoms with Crippen LogP contribution in [0.25, 0.3) is 4.85 Å². The lowest BCUT2D eigenvalue weighted by molar-refractivity contribution is 0.818. The summed E-state index contributed by atoms with van der Waals surface area (Å²) in [6, 6.07) is 6.16. The molecule has 76 valence electrons. The summed E-state index contributed by atoms with van der Waals surface area (Å²) in [5.41, 5.74) is 2.91. The molecule has 0 unspecified atom stereocenters. The Morgan fingerprint density at radius 2 is 2.20 bits per heavy atom. The standard InChI is InChI=1S/C12H12N2S/c1-8(2)14-11(15)7-9-5-4-6-10(13-3)12(9)14/h4-6,8H,7H2,1-2H3. The van der Waals surface area contributed by atoms with Gasteiger partial charge >= 0.3 is 0 Å². The summed E-state index contributed by atoms with van der Waals surface area (Å²) in [7, 11) is 0. The van der Waals surface area contributed by atoms with Gasteiger partial charge in [-0.05, 0) is 19.4 Å². The minimum absolute atomic E-state index is 0.321. The highest BCUT2D eigenvalue weighted by Crippen LogP contribution is 2.39. The first-order valence-electron chi connectivity index (χ1n) is 4.96. The maximum Gasteiger partial charge on any atom is 0.210 e. The Balaban J connectivity index is 2.61. The highest BCUT2D eigenvalue weighted by molar-refractivity contribution is 7.80. The fourth-order valence-electron chi connectivity index (χ4n) is 2.01. The summed E-state index contributed by atoms with van der Waals surface area (Å²) < 4.78 is 0. The Morgan fingerprint density at radius 1 is 1.47 bits per heavy atom. The SMILES string of the molecule is [C-]#[N+]c1cccc2c1N(C(C)C)C(=S)C2. The van der Waals surface area contributed by atoms with E-state index in [1.165, 1.54) is 5.56 Å². The van der Waals surface area contributed by atoms with E-state index in [4.69, 9.17) is 18.8 Å². The van der Waals surface area contributed by atoms with E-state index in [-0.39, 0.29) is 0 Å². The summed E-state index contributed by atoms with van der Waals surface area (Å²) in [5.74, 6) is 0. The van der Waals surface area contributed by atoms with Crippen molar-refractivity contribution in [3.63, 3.8) is 0 Å². The average molecular weight is 216 g/mol. The number of rotatable bonds is 1. The van der Waals surface area contributed by atoms with Gasteiger partial charge in [-0.25, -0.2) is 4.85 Å². The van der Waals surface area contributed by atoms with Crippen LogP contribution in [0.3, 0.4) is 0 Å². The zero-order valence-electron chi connectivity index (χ0n) is 8.82. The van der Waals surface area contributed by atoms with Crippen LogP contribution in [0.4, 0.5) is 11.4 Å². The van der Waals surface area contributed by atoms with Gasteiger partial charge in [0.1, 0.15) is 0 Å². The van der Waals surface area contributed by atoms with E-state index in [2.05, 4.69) is 29.7 Å². The van der Waals surface area contributed by atoms with Gasteiger partial charge in [0.15, 0.2) is 0 Å². The van der Waals surface area contributed by atoms with Crippen LogP contribution in [0.5, 0.6) is 0 Å². The van der Waals surface area contributed by atoms with Crippen molar-refractivity contribution in [3.05, 3.63) is 35.2 Å². The minimum atomic E-state index is 0.321. The van der Waals surface area contributed by atoms with Crippen molar-refractivity contribution < 1.29 is 0 Å². The van der Waals surface area contributed by atoms with Crippen LogP contribution >= 0.6 is 12.2 Å². The van der Waals surface area contributed by atoms with Crippen LogP contribution in [-0.4, -0.2) is 11.0 Å². The number of para-hydroxylation sites is 1. The Labute approximate surface area is 95.3 Å². The van der Waals surface area contributed by atoms with E-state index < -0.39 is 0 Å². The lowest BCUT2D eigenvalue weighted by atomic mass is 10.1. The summed E-state index contributed by atoms with van der Waals surface area (Å²) >= 11 is 5.35. The van der Waals surface area contributed by atoms with Crippen molar-refractivity contribution in [1.82, 2.24) is 0 Å². The number of hydrogen-bond donors (Lipinski definition) is 0. The third-order valence-corrected chi connectivity index (χ3v) is 2.93. The number of hydrogen-bond acceptors (Lipinski definition) is 1.